The highest BCUT2D eigenvalue weighted by atomic mass is 32.1. The van der Waals surface area contributed by atoms with Crippen LogP contribution >= 0.6 is 11.3 Å². The van der Waals surface area contributed by atoms with E-state index in [2.05, 4.69) is 18.2 Å². The Kier molecular flexibility index (Phi) is 4.18. The molecule has 4 heteroatoms. The van der Waals surface area contributed by atoms with Gasteiger partial charge in [-0.15, -0.1) is 11.3 Å². The van der Waals surface area contributed by atoms with Crippen molar-refractivity contribution in [1.29, 1.82) is 0 Å². The monoisotopic (exact) mass is 327 g/mol. The molecule has 0 fully saturated rings. The summed E-state index contributed by atoms with van der Waals surface area (Å²) < 4.78 is 14.3. The van der Waals surface area contributed by atoms with E-state index in [1.165, 1.54) is 22.2 Å². The molecule has 0 aliphatic rings. The molecule has 0 aliphatic heterocycles. The van der Waals surface area contributed by atoms with Crippen molar-refractivity contribution in [3.05, 3.63) is 70.9 Å². The number of primary amides is 1. The maximum atomic E-state index is 13.1. The zero-order valence-corrected chi connectivity index (χ0v) is 13.7. The maximum absolute atomic E-state index is 13.1. The van der Waals surface area contributed by atoms with Crippen molar-refractivity contribution in [2.75, 3.05) is 0 Å². The molecule has 3 aromatic rings. The average Bonchev–Trinajstić information content (AvgIpc) is 2.91. The number of hydrogen-bond donors (Lipinski definition) is 1. The molecule has 1 aromatic heterocycles. The summed E-state index contributed by atoms with van der Waals surface area (Å²) in [5, 5.41) is 1.18. The minimum atomic E-state index is -0.696. The minimum absolute atomic E-state index is 0.279. The number of thiophene rings is 1. The summed E-state index contributed by atoms with van der Waals surface area (Å²) in [5.74, 6) is -0.613. The van der Waals surface area contributed by atoms with Crippen LogP contribution in [0.4, 0.5) is 4.39 Å². The number of halogens is 1. The van der Waals surface area contributed by atoms with Gasteiger partial charge in [0.25, 0.3) is 0 Å². The first kappa shape index (κ1) is 15.7. The van der Waals surface area contributed by atoms with E-state index in [0.717, 1.165) is 10.4 Å². The van der Waals surface area contributed by atoms with Crippen molar-refractivity contribution in [2.45, 2.75) is 19.8 Å². The fourth-order valence-electron chi connectivity index (χ4n) is 2.80. The second-order valence-corrected chi connectivity index (χ2v) is 7.32. The summed E-state index contributed by atoms with van der Waals surface area (Å²) >= 11 is 1.69. The van der Waals surface area contributed by atoms with Crippen molar-refractivity contribution in [1.82, 2.24) is 0 Å². The van der Waals surface area contributed by atoms with Crippen LogP contribution in [0.25, 0.3) is 10.1 Å². The number of benzene rings is 2. The summed E-state index contributed by atoms with van der Waals surface area (Å²) in [4.78, 5) is 13.2. The Morgan fingerprint density at radius 3 is 2.48 bits per heavy atom. The van der Waals surface area contributed by atoms with E-state index in [1.807, 2.05) is 19.1 Å². The van der Waals surface area contributed by atoms with Gasteiger partial charge in [-0.3, -0.25) is 4.79 Å². The van der Waals surface area contributed by atoms with E-state index in [9.17, 15) is 9.18 Å². The normalized spacial score (nSPS) is 13.8. The van der Waals surface area contributed by atoms with Crippen molar-refractivity contribution in [3.63, 3.8) is 0 Å². The number of carbonyl (C=O) groups excluding carboxylic acids is 1. The molecule has 0 saturated carbocycles. The molecule has 1 atom stereocenters. The van der Waals surface area contributed by atoms with Crippen LogP contribution in [0.1, 0.15) is 17.4 Å². The third kappa shape index (κ3) is 3.42. The quantitative estimate of drug-likeness (QED) is 0.745. The maximum Gasteiger partial charge on any atom is 0.224 e. The number of rotatable bonds is 5. The summed E-state index contributed by atoms with van der Waals surface area (Å²) in [7, 11) is 0. The van der Waals surface area contributed by atoms with Gasteiger partial charge in [-0.25, -0.2) is 4.39 Å². The Balaban J connectivity index is 1.87. The molecule has 118 valence electrons. The predicted octanol–water partition coefficient (Wildman–Crippen LogP) is 4.32. The number of nitrogens with two attached hydrogens (primary N) is 1. The van der Waals surface area contributed by atoms with E-state index in [0.29, 0.717) is 12.8 Å². The lowest BCUT2D eigenvalue weighted by Gasteiger charge is -2.25. The van der Waals surface area contributed by atoms with Crippen LogP contribution in [0.2, 0.25) is 0 Å². The van der Waals surface area contributed by atoms with Gasteiger partial charge in [0.05, 0.1) is 5.41 Å². The fraction of sp³-hybridized carbons (Fsp3) is 0.211. The molecule has 0 aliphatic carbocycles. The second kappa shape index (κ2) is 6.13. The number of carbonyl (C=O) groups is 1. The third-order valence-corrected chi connectivity index (χ3v) is 5.26. The fourth-order valence-corrected chi connectivity index (χ4v) is 4.05. The Morgan fingerprint density at radius 2 is 1.83 bits per heavy atom. The Hall–Kier alpha value is -2.20. The van der Waals surface area contributed by atoms with Gasteiger partial charge in [0.1, 0.15) is 5.82 Å². The van der Waals surface area contributed by atoms with E-state index in [4.69, 9.17) is 5.73 Å². The third-order valence-electron chi connectivity index (χ3n) is 4.14. The second-order valence-electron chi connectivity index (χ2n) is 6.16. The van der Waals surface area contributed by atoms with E-state index < -0.39 is 5.41 Å². The first-order valence-corrected chi connectivity index (χ1v) is 8.30. The van der Waals surface area contributed by atoms with Crippen molar-refractivity contribution in [3.8, 4) is 0 Å². The smallest absolute Gasteiger partial charge is 0.224 e. The van der Waals surface area contributed by atoms with E-state index in [-0.39, 0.29) is 11.7 Å². The van der Waals surface area contributed by atoms with Crippen LogP contribution in [0.5, 0.6) is 0 Å². The first-order valence-electron chi connectivity index (χ1n) is 7.48. The lowest BCUT2D eigenvalue weighted by Crippen LogP contribution is -2.38. The molecule has 1 unspecified atom stereocenters. The molecule has 0 spiro atoms. The van der Waals surface area contributed by atoms with Gasteiger partial charge in [-0.2, -0.15) is 0 Å². The SMILES string of the molecule is CC(Cc1ccc(F)cc1)(Cc1cc2ccccc2s1)C(N)=O. The van der Waals surface area contributed by atoms with Crippen LogP contribution in [0, 0.1) is 11.2 Å². The summed E-state index contributed by atoms with van der Waals surface area (Å²) in [5.41, 5.74) is 5.90. The first-order chi connectivity index (χ1) is 11.0. The van der Waals surface area contributed by atoms with Crippen LogP contribution < -0.4 is 5.73 Å². The lowest BCUT2D eigenvalue weighted by atomic mass is 9.79. The molecule has 0 saturated heterocycles. The van der Waals surface area contributed by atoms with Crippen molar-refractivity contribution >= 4 is 27.3 Å². The van der Waals surface area contributed by atoms with Crippen LogP contribution in [-0.4, -0.2) is 5.91 Å². The minimum Gasteiger partial charge on any atom is -0.369 e. The molecule has 1 amide bonds. The molecule has 23 heavy (non-hydrogen) atoms. The zero-order chi connectivity index (χ0) is 16.4. The number of amides is 1. The Morgan fingerprint density at radius 1 is 1.13 bits per heavy atom. The Labute approximate surface area is 138 Å². The Bertz CT molecular complexity index is 807. The lowest BCUT2D eigenvalue weighted by molar-refractivity contribution is -0.126. The van der Waals surface area contributed by atoms with Crippen LogP contribution in [0.3, 0.4) is 0 Å². The standard InChI is InChI=1S/C19H18FNOS/c1-19(18(21)22,11-13-6-8-15(20)9-7-13)12-16-10-14-4-2-3-5-17(14)23-16/h2-10H,11-12H2,1H3,(H2,21,22). The van der Waals surface area contributed by atoms with Crippen molar-refractivity contribution in [2.24, 2.45) is 11.1 Å². The summed E-state index contributed by atoms with van der Waals surface area (Å²) in [6.45, 7) is 1.88. The molecule has 2 N–H and O–H groups in total. The zero-order valence-electron chi connectivity index (χ0n) is 12.9. The average molecular weight is 327 g/mol. The number of hydrogen-bond acceptors (Lipinski definition) is 2. The van der Waals surface area contributed by atoms with Crippen LogP contribution in [0.15, 0.2) is 54.6 Å². The van der Waals surface area contributed by atoms with E-state index >= 15 is 0 Å². The molecule has 2 aromatic carbocycles. The van der Waals surface area contributed by atoms with Gasteiger partial charge < -0.3 is 5.73 Å². The van der Waals surface area contributed by atoms with Crippen LogP contribution in [-0.2, 0) is 17.6 Å². The highest BCUT2D eigenvalue weighted by molar-refractivity contribution is 7.19. The molecular formula is C19H18FNOS. The molecule has 1 heterocycles. The van der Waals surface area contributed by atoms with Gasteiger partial charge in [-0.1, -0.05) is 37.3 Å². The van der Waals surface area contributed by atoms with E-state index in [1.54, 1.807) is 23.5 Å². The molecule has 0 radical (unpaired) electrons. The molecule has 2 nitrogen and oxygen atoms in total. The topological polar surface area (TPSA) is 43.1 Å². The summed E-state index contributed by atoms with van der Waals surface area (Å²) in [6.07, 6.45) is 1.08. The molecular weight excluding hydrogens is 309 g/mol. The van der Waals surface area contributed by atoms with Crippen molar-refractivity contribution < 1.29 is 9.18 Å². The van der Waals surface area contributed by atoms with Gasteiger partial charge in [0.15, 0.2) is 0 Å². The number of fused-ring (bicyclic) bond motifs is 1. The van der Waals surface area contributed by atoms with Gasteiger partial charge >= 0.3 is 0 Å². The largest absolute Gasteiger partial charge is 0.369 e. The van der Waals surface area contributed by atoms with Gasteiger partial charge in [-0.05, 0) is 48.1 Å². The van der Waals surface area contributed by atoms with Gasteiger partial charge in [0.2, 0.25) is 5.91 Å². The molecule has 0 bridgehead atoms. The summed E-state index contributed by atoms with van der Waals surface area (Å²) in [6, 6.07) is 16.5. The van der Waals surface area contributed by atoms with Gasteiger partial charge in [0, 0.05) is 9.58 Å². The highest BCUT2D eigenvalue weighted by Crippen LogP contribution is 2.33. The predicted molar refractivity (Wildman–Crippen MR) is 92.9 cm³/mol. The molecule has 3 rings (SSSR count). The highest BCUT2D eigenvalue weighted by Gasteiger charge is 2.32.